The van der Waals surface area contributed by atoms with Gasteiger partial charge in [-0.2, -0.15) is 5.26 Å². The van der Waals surface area contributed by atoms with E-state index in [1.54, 1.807) is 31.4 Å². The normalized spacial score (nSPS) is 19.5. The van der Waals surface area contributed by atoms with Gasteiger partial charge in [-0.1, -0.05) is 50.2 Å². The molecule has 2 N–H and O–H groups in total. The first-order valence-corrected chi connectivity index (χ1v) is 11.6. The van der Waals surface area contributed by atoms with E-state index in [2.05, 4.69) is 19.9 Å². The lowest BCUT2D eigenvalue weighted by Gasteiger charge is -2.44. The van der Waals surface area contributed by atoms with E-state index in [9.17, 15) is 14.4 Å². The van der Waals surface area contributed by atoms with Gasteiger partial charge in [-0.25, -0.2) is 4.39 Å². The molecule has 0 amide bonds. The summed E-state index contributed by atoms with van der Waals surface area (Å²) in [5.74, 6) is -0.214. The Balaban J connectivity index is 1.82. The average molecular weight is 476 g/mol. The summed E-state index contributed by atoms with van der Waals surface area (Å²) in [6.45, 7) is 4.97. The van der Waals surface area contributed by atoms with Gasteiger partial charge in [-0.3, -0.25) is 4.79 Å². The summed E-state index contributed by atoms with van der Waals surface area (Å²) in [6.07, 6.45) is 1.02. The summed E-state index contributed by atoms with van der Waals surface area (Å²) in [6, 6.07) is 16.0. The summed E-state index contributed by atoms with van der Waals surface area (Å²) in [5, 5.41) is 10.2. The van der Waals surface area contributed by atoms with Gasteiger partial charge in [0, 0.05) is 42.5 Å². The third-order valence-corrected chi connectivity index (χ3v) is 6.58. The van der Waals surface area contributed by atoms with Crippen LogP contribution in [0.15, 0.2) is 71.2 Å². The summed E-state index contributed by atoms with van der Waals surface area (Å²) < 4.78 is 25.5. The molecule has 1 aliphatic heterocycles. The Kier molecular flexibility index (Phi) is 6.95. The van der Waals surface area contributed by atoms with Gasteiger partial charge in [-0.05, 0) is 24.0 Å². The molecule has 1 atom stereocenters. The monoisotopic (exact) mass is 475 g/mol. The fourth-order valence-corrected chi connectivity index (χ4v) is 4.95. The standard InChI is InChI=1S/C28H30FN3O3/c1-28(2)14-22-26(23(33)15-28)25(20(16-30)27(31)32(22)12-13-34-3)19-9-5-7-11-24(19)35-17-18-8-4-6-10-21(18)29/h4-11,25H,12-15,17,31H2,1-3H3/t25-/m1/s1. The van der Waals surface area contributed by atoms with Crippen LogP contribution in [0.3, 0.4) is 0 Å². The zero-order chi connectivity index (χ0) is 25.2. The maximum Gasteiger partial charge on any atom is 0.162 e. The lowest BCUT2D eigenvalue weighted by Crippen LogP contribution is -2.43. The maximum absolute atomic E-state index is 14.2. The van der Waals surface area contributed by atoms with Crippen LogP contribution in [-0.2, 0) is 16.1 Å². The third-order valence-electron chi connectivity index (χ3n) is 6.58. The van der Waals surface area contributed by atoms with Crippen molar-refractivity contribution < 1.29 is 18.7 Å². The number of halogens is 1. The summed E-state index contributed by atoms with van der Waals surface area (Å²) in [4.78, 5) is 15.4. The number of methoxy groups -OCH3 is 1. The molecule has 35 heavy (non-hydrogen) atoms. The molecule has 1 heterocycles. The molecule has 1 aliphatic carbocycles. The van der Waals surface area contributed by atoms with E-state index < -0.39 is 5.92 Å². The van der Waals surface area contributed by atoms with Gasteiger partial charge in [0.15, 0.2) is 5.78 Å². The minimum absolute atomic E-state index is 0.00664. The first-order valence-electron chi connectivity index (χ1n) is 11.6. The van der Waals surface area contributed by atoms with Crippen LogP contribution in [0.4, 0.5) is 4.39 Å². The zero-order valence-corrected chi connectivity index (χ0v) is 20.3. The number of para-hydroxylation sites is 1. The van der Waals surface area contributed by atoms with Crippen molar-refractivity contribution in [3.63, 3.8) is 0 Å². The highest BCUT2D eigenvalue weighted by Crippen LogP contribution is 2.50. The number of benzene rings is 2. The van der Waals surface area contributed by atoms with Crippen molar-refractivity contribution in [3.8, 4) is 11.8 Å². The van der Waals surface area contributed by atoms with Gasteiger partial charge in [0.05, 0.1) is 24.2 Å². The number of allylic oxidation sites excluding steroid dienone is 3. The average Bonchev–Trinajstić information content (AvgIpc) is 2.82. The first kappa shape index (κ1) is 24.5. The Morgan fingerprint density at radius 2 is 1.89 bits per heavy atom. The number of rotatable bonds is 7. The molecule has 0 radical (unpaired) electrons. The summed E-state index contributed by atoms with van der Waals surface area (Å²) in [7, 11) is 1.60. The molecular formula is C28H30FN3O3. The largest absolute Gasteiger partial charge is 0.488 e. The van der Waals surface area contributed by atoms with Crippen LogP contribution in [0.25, 0.3) is 0 Å². The lowest BCUT2D eigenvalue weighted by molar-refractivity contribution is -0.118. The number of hydrogen-bond donors (Lipinski definition) is 1. The second-order valence-corrected chi connectivity index (χ2v) is 9.71. The molecule has 0 saturated carbocycles. The Morgan fingerprint density at radius 3 is 2.60 bits per heavy atom. The quantitative estimate of drug-likeness (QED) is 0.620. The summed E-state index contributed by atoms with van der Waals surface area (Å²) in [5.41, 5.74) is 9.12. The van der Waals surface area contributed by atoms with Crippen LogP contribution < -0.4 is 10.5 Å². The minimum Gasteiger partial charge on any atom is -0.488 e. The van der Waals surface area contributed by atoms with Crippen molar-refractivity contribution in [1.29, 1.82) is 5.26 Å². The van der Waals surface area contributed by atoms with Crippen molar-refractivity contribution in [2.24, 2.45) is 11.1 Å². The van der Waals surface area contributed by atoms with Crippen LogP contribution in [0.1, 0.15) is 43.7 Å². The third kappa shape index (κ3) is 4.80. The predicted molar refractivity (Wildman–Crippen MR) is 130 cm³/mol. The van der Waals surface area contributed by atoms with E-state index in [-0.39, 0.29) is 23.6 Å². The van der Waals surface area contributed by atoms with E-state index in [1.165, 1.54) is 6.07 Å². The molecule has 2 aromatic rings. The molecule has 182 valence electrons. The topological polar surface area (TPSA) is 88.6 Å². The Hall–Kier alpha value is -3.63. The van der Waals surface area contributed by atoms with Crippen molar-refractivity contribution in [3.05, 3.63) is 88.1 Å². The molecule has 0 saturated heterocycles. The van der Waals surface area contributed by atoms with Gasteiger partial charge in [0.1, 0.15) is 24.0 Å². The van der Waals surface area contributed by atoms with Crippen LogP contribution >= 0.6 is 0 Å². The smallest absolute Gasteiger partial charge is 0.162 e. The molecular weight excluding hydrogens is 445 g/mol. The maximum atomic E-state index is 14.2. The highest BCUT2D eigenvalue weighted by Gasteiger charge is 2.44. The highest BCUT2D eigenvalue weighted by molar-refractivity contribution is 6.00. The number of ether oxygens (including phenoxy) is 2. The van der Waals surface area contributed by atoms with Crippen LogP contribution in [0.5, 0.6) is 5.75 Å². The molecule has 0 bridgehead atoms. The van der Waals surface area contributed by atoms with E-state index in [1.807, 2.05) is 23.1 Å². The molecule has 0 spiro atoms. The fourth-order valence-electron chi connectivity index (χ4n) is 4.95. The van der Waals surface area contributed by atoms with Crippen molar-refractivity contribution in [2.75, 3.05) is 20.3 Å². The molecule has 0 aromatic heterocycles. The molecule has 0 fully saturated rings. The second kappa shape index (κ2) is 9.93. The van der Waals surface area contributed by atoms with Crippen molar-refractivity contribution in [2.45, 2.75) is 39.2 Å². The number of carbonyl (C=O) groups excluding carboxylic acids is 1. The van der Waals surface area contributed by atoms with Crippen LogP contribution in [-0.4, -0.2) is 30.9 Å². The number of ketones is 1. The molecule has 6 nitrogen and oxygen atoms in total. The van der Waals surface area contributed by atoms with Crippen LogP contribution in [0.2, 0.25) is 0 Å². The van der Waals surface area contributed by atoms with Crippen molar-refractivity contribution >= 4 is 5.78 Å². The van der Waals surface area contributed by atoms with Gasteiger partial charge in [0.25, 0.3) is 0 Å². The Bertz CT molecular complexity index is 1240. The zero-order valence-electron chi connectivity index (χ0n) is 20.3. The predicted octanol–water partition coefficient (Wildman–Crippen LogP) is 4.79. The number of carbonyl (C=O) groups is 1. The van der Waals surface area contributed by atoms with Crippen LogP contribution in [0, 0.1) is 22.6 Å². The Labute approximate surface area is 205 Å². The van der Waals surface area contributed by atoms with Gasteiger partial charge < -0.3 is 20.1 Å². The van der Waals surface area contributed by atoms with E-state index in [4.69, 9.17) is 15.2 Å². The van der Waals surface area contributed by atoms with E-state index in [0.717, 1.165) is 5.70 Å². The number of hydrogen-bond acceptors (Lipinski definition) is 6. The number of nitrogens with zero attached hydrogens (tertiary/aromatic N) is 2. The van der Waals surface area contributed by atoms with E-state index >= 15 is 0 Å². The van der Waals surface area contributed by atoms with Gasteiger partial charge >= 0.3 is 0 Å². The molecule has 2 aromatic carbocycles. The summed E-state index contributed by atoms with van der Waals surface area (Å²) >= 11 is 0. The first-order chi connectivity index (χ1) is 16.8. The number of nitrogens with two attached hydrogens (primary N) is 1. The molecule has 4 rings (SSSR count). The SMILES string of the molecule is COCCN1C(N)=C(C#N)[C@@H](c2ccccc2OCc2ccccc2F)C2=C1CC(C)(C)CC2=O. The minimum atomic E-state index is -0.658. The number of nitriles is 1. The number of Topliss-reactive ketones (excluding diaryl/α,β-unsaturated/α-hetero) is 1. The highest BCUT2D eigenvalue weighted by atomic mass is 19.1. The fraction of sp³-hybridized carbons (Fsp3) is 0.357. The van der Waals surface area contributed by atoms with Gasteiger partial charge in [0.2, 0.25) is 0 Å². The van der Waals surface area contributed by atoms with Crippen molar-refractivity contribution in [1.82, 2.24) is 4.90 Å². The molecule has 2 aliphatic rings. The Morgan fingerprint density at radius 1 is 1.17 bits per heavy atom. The second-order valence-electron chi connectivity index (χ2n) is 9.71. The molecule has 7 heteroatoms. The lowest BCUT2D eigenvalue weighted by atomic mass is 9.68. The molecule has 0 unspecified atom stereocenters. The van der Waals surface area contributed by atoms with E-state index in [0.29, 0.717) is 59.8 Å². The van der Waals surface area contributed by atoms with Gasteiger partial charge in [-0.15, -0.1) is 0 Å².